The van der Waals surface area contributed by atoms with Crippen LogP contribution in [0.25, 0.3) is 10.9 Å². The molecule has 0 bridgehead atoms. The highest BCUT2D eigenvalue weighted by Gasteiger charge is 2.18. The molecule has 1 heterocycles. The largest absolute Gasteiger partial charge is 0.295 e. The highest BCUT2D eigenvalue weighted by Crippen LogP contribution is 2.27. The van der Waals surface area contributed by atoms with E-state index in [9.17, 15) is 18.5 Å². The first-order valence-electron chi connectivity index (χ1n) is 4.46. The highest BCUT2D eigenvalue weighted by atomic mass is 32.2. The van der Waals surface area contributed by atoms with Gasteiger partial charge in [0.1, 0.15) is 5.52 Å². The van der Waals surface area contributed by atoms with E-state index in [0.29, 0.717) is 0 Å². The number of primary sulfonamides is 1. The summed E-state index contributed by atoms with van der Waals surface area (Å²) in [5, 5.41) is 15.9. The van der Waals surface area contributed by atoms with Crippen LogP contribution in [0.5, 0.6) is 0 Å². The second-order valence-corrected chi connectivity index (χ2v) is 4.81. The van der Waals surface area contributed by atoms with Gasteiger partial charge >= 0.3 is 0 Å². The lowest BCUT2D eigenvalue weighted by Gasteiger charge is -2.03. The Morgan fingerprint density at radius 2 is 2.00 bits per heavy atom. The number of para-hydroxylation sites is 1. The number of non-ortho nitro benzene ring substituents is 1. The van der Waals surface area contributed by atoms with Gasteiger partial charge in [-0.3, -0.25) is 10.1 Å². The number of hydrogen-bond donors (Lipinski definition) is 1. The van der Waals surface area contributed by atoms with Crippen LogP contribution in [0.3, 0.4) is 0 Å². The number of sulfonamides is 1. The summed E-state index contributed by atoms with van der Waals surface area (Å²) in [6.07, 6.45) is 1.18. The third-order valence-corrected chi connectivity index (χ3v) is 3.18. The molecule has 2 N–H and O–H groups in total. The predicted molar refractivity (Wildman–Crippen MR) is 59.8 cm³/mol. The van der Waals surface area contributed by atoms with Crippen molar-refractivity contribution in [3.05, 3.63) is 40.6 Å². The van der Waals surface area contributed by atoms with Gasteiger partial charge in [0, 0.05) is 17.6 Å². The molecule has 0 aliphatic heterocycles. The summed E-state index contributed by atoms with van der Waals surface area (Å²) in [6, 6.07) is 5.27. The molecule has 88 valence electrons. The zero-order valence-electron chi connectivity index (χ0n) is 8.40. The van der Waals surface area contributed by atoms with E-state index in [0.717, 1.165) is 0 Å². The van der Waals surface area contributed by atoms with Crippen LogP contribution in [0.1, 0.15) is 0 Å². The van der Waals surface area contributed by atoms with Gasteiger partial charge in [-0.05, 0) is 6.07 Å². The van der Waals surface area contributed by atoms with Gasteiger partial charge in [-0.2, -0.15) is 0 Å². The van der Waals surface area contributed by atoms with Gasteiger partial charge in [0.15, 0.2) is 0 Å². The zero-order valence-corrected chi connectivity index (χ0v) is 9.22. The average Bonchev–Trinajstić information content (AvgIpc) is 2.26. The molecule has 0 aliphatic carbocycles. The average molecular weight is 253 g/mol. The Balaban J connectivity index is 2.94. The van der Waals surface area contributed by atoms with Gasteiger partial charge < -0.3 is 0 Å². The van der Waals surface area contributed by atoms with Crippen molar-refractivity contribution in [2.75, 3.05) is 0 Å². The molecule has 17 heavy (non-hydrogen) atoms. The Morgan fingerprint density at radius 3 is 2.59 bits per heavy atom. The van der Waals surface area contributed by atoms with E-state index in [1.165, 1.54) is 30.5 Å². The fraction of sp³-hybridized carbons (Fsp3) is 0. The summed E-state index contributed by atoms with van der Waals surface area (Å²) in [5.74, 6) is 0. The van der Waals surface area contributed by atoms with Crippen molar-refractivity contribution in [3.63, 3.8) is 0 Å². The minimum absolute atomic E-state index is 0.00373. The number of benzene rings is 1. The molecule has 0 fully saturated rings. The van der Waals surface area contributed by atoms with Crippen molar-refractivity contribution < 1.29 is 13.3 Å². The second-order valence-electron chi connectivity index (χ2n) is 3.28. The molecule has 0 unspecified atom stereocenters. The van der Waals surface area contributed by atoms with Gasteiger partial charge in [-0.1, -0.05) is 12.1 Å². The SMILES string of the molecule is NS(=O)(=O)c1ccnc2c([N+](=O)[O-])cccc12. The Kier molecular flexibility index (Phi) is 2.52. The maximum absolute atomic E-state index is 11.3. The first-order chi connectivity index (χ1) is 7.91. The standard InChI is InChI=1S/C9H7N3O4S/c10-17(15,16)8-4-5-11-9-6(8)2-1-3-7(9)12(13)14/h1-5H,(H2,10,15,16). The molecule has 1 aromatic heterocycles. The number of nitrogens with zero attached hydrogens (tertiary/aromatic N) is 2. The first-order valence-corrected chi connectivity index (χ1v) is 6.01. The quantitative estimate of drug-likeness (QED) is 0.627. The van der Waals surface area contributed by atoms with Crippen molar-refractivity contribution in [2.24, 2.45) is 5.14 Å². The third-order valence-electron chi connectivity index (χ3n) is 2.21. The lowest BCUT2D eigenvalue weighted by atomic mass is 10.2. The van der Waals surface area contributed by atoms with E-state index in [2.05, 4.69) is 4.98 Å². The van der Waals surface area contributed by atoms with Crippen LogP contribution >= 0.6 is 0 Å². The normalized spacial score (nSPS) is 11.6. The minimum Gasteiger partial charge on any atom is -0.258 e. The molecule has 0 saturated carbocycles. The Labute approximate surface area is 96.1 Å². The first kappa shape index (κ1) is 11.4. The topological polar surface area (TPSA) is 116 Å². The molecule has 0 saturated heterocycles. The number of pyridine rings is 1. The van der Waals surface area contributed by atoms with Crippen LogP contribution in [0.4, 0.5) is 5.69 Å². The van der Waals surface area contributed by atoms with Gasteiger partial charge in [0.2, 0.25) is 10.0 Å². The number of rotatable bonds is 2. The molecule has 0 atom stereocenters. The van der Waals surface area contributed by atoms with Gasteiger partial charge in [0.25, 0.3) is 5.69 Å². The number of nitro benzene ring substituents is 1. The Bertz CT molecular complexity index is 711. The Morgan fingerprint density at radius 1 is 1.29 bits per heavy atom. The van der Waals surface area contributed by atoms with E-state index >= 15 is 0 Å². The lowest BCUT2D eigenvalue weighted by Crippen LogP contribution is -2.12. The van der Waals surface area contributed by atoms with Crippen molar-refractivity contribution in [1.82, 2.24) is 4.98 Å². The zero-order chi connectivity index (χ0) is 12.6. The van der Waals surface area contributed by atoms with Crippen molar-refractivity contribution in [2.45, 2.75) is 4.90 Å². The van der Waals surface area contributed by atoms with Crippen LogP contribution in [0.15, 0.2) is 35.4 Å². The molecule has 0 amide bonds. The lowest BCUT2D eigenvalue weighted by molar-refractivity contribution is -0.383. The molecule has 0 aliphatic rings. The van der Waals surface area contributed by atoms with Crippen molar-refractivity contribution in [3.8, 4) is 0 Å². The maximum Gasteiger partial charge on any atom is 0.295 e. The number of nitrogens with two attached hydrogens (primary N) is 1. The van der Waals surface area contributed by atoms with Crippen LogP contribution in [0.2, 0.25) is 0 Å². The summed E-state index contributed by atoms with van der Waals surface area (Å²) in [7, 11) is -3.93. The van der Waals surface area contributed by atoms with E-state index in [1.54, 1.807) is 0 Å². The maximum atomic E-state index is 11.3. The van der Waals surface area contributed by atoms with Crippen molar-refractivity contribution in [1.29, 1.82) is 0 Å². The van der Waals surface area contributed by atoms with E-state index in [1.807, 2.05) is 0 Å². The molecule has 7 nitrogen and oxygen atoms in total. The summed E-state index contributed by atoms with van der Waals surface area (Å²) in [6.45, 7) is 0. The summed E-state index contributed by atoms with van der Waals surface area (Å²) in [5.41, 5.74) is -0.253. The molecule has 0 spiro atoms. The van der Waals surface area contributed by atoms with Crippen LogP contribution in [-0.2, 0) is 10.0 Å². The van der Waals surface area contributed by atoms with Crippen LogP contribution in [-0.4, -0.2) is 18.3 Å². The highest BCUT2D eigenvalue weighted by molar-refractivity contribution is 7.89. The van der Waals surface area contributed by atoms with Gasteiger partial charge in [-0.25, -0.2) is 18.5 Å². The molecule has 0 radical (unpaired) electrons. The van der Waals surface area contributed by atoms with E-state index in [-0.39, 0.29) is 21.5 Å². The summed E-state index contributed by atoms with van der Waals surface area (Å²) < 4.78 is 22.6. The molecule has 2 aromatic rings. The fourth-order valence-electron chi connectivity index (χ4n) is 1.53. The van der Waals surface area contributed by atoms with Gasteiger partial charge in [-0.15, -0.1) is 0 Å². The molecular formula is C9H7N3O4S. The fourth-order valence-corrected chi connectivity index (χ4v) is 2.25. The number of aromatic nitrogens is 1. The summed E-state index contributed by atoms with van der Waals surface area (Å²) in [4.78, 5) is 13.8. The number of hydrogen-bond acceptors (Lipinski definition) is 5. The summed E-state index contributed by atoms with van der Waals surface area (Å²) >= 11 is 0. The third kappa shape index (κ3) is 1.95. The van der Waals surface area contributed by atoms with Crippen LogP contribution < -0.4 is 5.14 Å². The van der Waals surface area contributed by atoms with Crippen LogP contribution in [0, 0.1) is 10.1 Å². The minimum atomic E-state index is -3.93. The van der Waals surface area contributed by atoms with Crippen molar-refractivity contribution >= 4 is 26.6 Å². The molecule has 2 rings (SSSR count). The molecular weight excluding hydrogens is 246 g/mol. The van der Waals surface area contributed by atoms with E-state index in [4.69, 9.17) is 5.14 Å². The van der Waals surface area contributed by atoms with Gasteiger partial charge in [0.05, 0.1) is 9.82 Å². The van der Waals surface area contributed by atoms with E-state index < -0.39 is 14.9 Å². The number of nitro groups is 1. The Hall–Kier alpha value is -2.06. The molecule has 1 aromatic carbocycles. The predicted octanol–water partition coefficient (Wildman–Crippen LogP) is 0.790. The smallest absolute Gasteiger partial charge is 0.258 e. The monoisotopic (exact) mass is 253 g/mol. The second kappa shape index (κ2) is 3.75. The number of fused-ring (bicyclic) bond motifs is 1. The molecule has 8 heteroatoms.